The van der Waals surface area contributed by atoms with Gasteiger partial charge in [-0.15, -0.1) is 5.48 Å². The van der Waals surface area contributed by atoms with Gasteiger partial charge < -0.3 is 10.2 Å². The maximum absolute atomic E-state index is 11.9. The molecule has 2 fully saturated rings. The average molecular weight is 450 g/mol. The Morgan fingerprint density at radius 3 is 2.82 bits per heavy atom. The monoisotopic (exact) mass is 449 g/mol. The fourth-order valence-corrected chi connectivity index (χ4v) is 7.78. The predicted molar refractivity (Wildman–Crippen MR) is 131 cm³/mol. The number of nitrogens with zero attached hydrogens (tertiary/aromatic N) is 1. The molecule has 0 radical (unpaired) electrons. The van der Waals surface area contributed by atoms with Crippen molar-refractivity contribution in [3.63, 3.8) is 0 Å². The number of hydroxylamine groups is 1. The highest BCUT2D eigenvalue weighted by Gasteiger charge is 2.57. The number of carbonyl (C=O) groups is 1. The first-order valence-corrected chi connectivity index (χ1v) is 12.9. The molecule has 1 heterocycles. The number of carbonyl (C=O) groups excluding carboxylic acids is 1. The lowest BCUT2D eigenvalue weighted by atomic mass is 9.46. The summed E-state index contributed by atoms with van der Waals surface area (Å²) in [5.74, 6) is 2.11. The lowest BCUT2D eigenvalue weighted by molar-refractivity contribution is -0.152. The third-order valence-corrected chi connectivity index (χ3v) is 9.57. The second-order valence-electron chi connectivity index (χ2n) is 11.2. The van der Waals surface area contributed by atoms with Gasteiger partial charge in [0.2, 0.25) is 0 Å². The van der Waals surface area contributed by atoms with E-state index in [1.165, 1.54) is 44.1 Å². The van der Waals surface area contributed by atoms with E-state index in [4.69, 9.17) is 4.84 Å². The van der Waals surface area contributed by atoms with E-state index in [0.717, 1.165) is 24.2 Å². The molecule has 0 amide bonds. The Morgan fingerprint density at radius 1 is 1.18 bits per heavy atom. The molecular formula is C28H39N3O2. The van der Waals surface area contributed by atoms with Crippen LogP contribution < -0.4 is 10.8 Å². The van der Waals surface area contributed by atoms with Crippen LogP contribution in [0.5, 0.6) is 0 Å². The lowest BCUT2D eigenvalue weighted by Crippen LogP contribution is -2.51. The summed E-state index contributed by atoms with van der Waals surface area (Å²) in [5.41, 5.74) is 8.08. The van der Waals surface area contributed by atoms with Crippen molar-refractivity contribution in [1.82, 2.24) is 15.8 Å². The molecule has 33 heavy (non-hydrogen) atoms. The Labute approximate surface area is 198 Å². The maximum atomic E-state index is 11.9. The van der Waals surface area contributed by atoms with Gasteiger partial charge in [0.05, 0.1) is 12.5 Å². The van der Waals surface area contributed by atoms with Gasteiger partial charge >= 0.3 is 5.97 Å². The van der Waals surface area contributed by atoms with Gasteiger partial charge in [-0.05, 0) is 97.8 Å². The number of pyridine rings is 1. The van der Waals surface area contributed by atoms with Crippen LogP contribution in [0.3, 0.4) is 0 Å². The first-order chi connectivity index (χ1) is 16.0. The molecule has 1 aromatic heterocycles. The minimum absolute atomic E-state index is 0.141. The SMILES string of the molecule is CNCCC(=O)ONC1C=C2CCC3C(CCC4(C)C(c5cccnc5)=CCC34)C2(C)CC1. The number of fused-ring (bicyclic) bond motifs is 5. The van der Waals surface area contributed by atoms with E-state index in [-0.39, 0.29) is 22.8 Å². The van der Waals surface area contributed by atoms with E-state index < -0.39 is 0 Å². The molecule has 5 nitrogen and oxygen atoms in total. The maximum Gasteiger partial charge on any atom is 0.326 e. The highest BCUT2D eigenvalue weighted by molar-refractivity contribution is 5.72. The number of rotatable bonds is 6. The van der Waals surface area contributed by atoms with E-state index in [1.54, 1.807) is 11.1 Å². The van der Waals surface area contributed by atoms with Crippen molar-refractivity contribution in [2.45, 2.75) is 71.3 Å². The zero-order chi connectivity index (χ0) is 23.1. The van der Waals surface area contributed by atoms with Gasteiger partial charge in [-0.2, -0.15) is 0 Å². The molecule has 2 saturated carbocycles. The molecule has 0 aliphatic heterocycles. The molecule has 0 aromatic carbocycles. The largest absolute Gasteiger partial charge is 0.370 e. The topological polar surface area (TPSA) is 63.2 Å². The van der Waals surface area contributed by atoms with Crippen LogP contribution in [-0.4, -0.2) is 30.6 Å². The van der Waals surface area contributed by atoms with Gasteiger partial charge in [-0.25, -0.2) is 0 Å². The zero-order valence-corrected chi connectivity index (χ0v) is 20.4. The van der Waals surface area contributed by atoms with Crippen molar-refractivity contribution in [2.24, 2.45) is 28.6 Å². The van der Waals surface area contributed by atoms with E-state index >= 15 is 0 Å². The quantitative estimate of drug-likeness (QED) is 0.469. The first-order valence-electron chi connectivity index (χ1n) is 12.9. The molecular weight excluding hydrogens is 410 g/mol. The predicted octanol–water partition coefficient (Wildman–Crippen LogP) is 5.06. The Bertz CT molecular complexity index is 942. The van der Waals surface area contributed by atoms with Crippen LogP contribution in [0.1, 0.15) is 70.8 Å². The summed E-state index contributed by atoms with van der Waals surface area (Å²) in [7, 11) is 1.85. The summed E-state index contributed by atoms with van der Waals surface area (Å²) in [6, 6.07) is 4.45. The first kappa shape index (κ1) is 22.8. The summed E-state index contributed by atoms with van der Waals surface area (Å²) < 4.78 is 0. The molecule has 4 aliphatic rings. The third-order valence-electron chi connectivity index (χ3n) is 9.57. The molecule has 4 aliphatic carbocycles. The molecule has 6 atom stereocenters. The molecule has 5 rings (SSSR count). The Balaban J connectivity index is 1.29. The van der Waals surface area contributed by atoms with Crippen molar-refractivity contribution in [3.05, 3.63) is 47.8 Å². The van der Waals surface area contributed by atoms with Crippen LogP contribution >= 0.6 is 0 Å². The molecule has 5 heteroatoms. The Hall–Kier alpha value is -1.98. The summed E-state index contributed by atoms with van der Waals surface area (Å²) >= 11 is 0. The minimum Gasteiger partial charge on any atom is -0.370 e. The minimum atomic E-state index is -0.190. The van der Waals surface area contributed by atoms with E-state index in [2.05, 4.69) is 60.1 Å². The second-order valence-corrected chi connectivity index (χ2v) is 11.2. The molecule has 0 spiro atoms. The standard InChI is InChI=1S/C28H39N3O2/c1-27-13-10-21(31-33-26(32)12-16-29-3)17-20(27)6-7-22-24-9-8-23(19-5-4-15-30-18-19)28(24,2)14-11-25(22)27/h4-5,8,15,17-18,21-22,24-25,29,31H,6-7,9-14,16H2,1-3H3. The molecule has 2 N–H and O–H groups in total. The van der Waals surface area contributed by atoms with E-state index in [1.807, 2.05) is 13.2 Å². The van der Waals surface area contributed by atoms with Crippen molar-refractivity contribution in [3.8, 4) is 0 Å². The summed E-state index contributed by atoms with van der Waals surface area (Å²) in [6.07, 6.45) is 17.7. The number of nitrogens with one attached hydrogen (secondary N) is 2. The molecule has 6 unspecified atom stereocenters. The van der Waals surface area contributed by atoms with Gasteiger partial charge in [0, 0.05) is 18.9 Å². The number of hydrogen-bond acceptors (Lipinski definition) is 5. The number of allylic oxidation sites excluding steroid dienone is 3. The Morgan fingerprint density at radius 2 is 2.03 bits per heavy atom. The Kier molecular flexibility index (Phi) is 6.21. The van der Waals surface area contributed by atoms with Gasteiger partial charge in [-0.3, -0.25) is 9.78 Å². The summed E-state index contributed by atoms with van der Waals surface area (Å²) in [5, 5.41) is 2.99. The second kappa shape index (κ2) is 8.99. The summed E-state index contributed by atoms with van der Waals surface area (Å²) in [4.78, 5) is 21.6. The van der Waals surface area contributed by atoms with Gasteiger partial charge in [0.15, 0.2) is 0 Å². The summed E-state index contributed by atoms with van der Waals surface area (Å²) in [6.45, 7) is 5.69. The van der Waals surface area contributed by atoms with Crippen molar-refractivity contribution >= 4 is 11.5 Å². The van der Waals surface area contributed by atoms with Crippen LogP contribution in [0.25, 0.3) is 5.57 Å². The van der Waals surface area contributed by atoms with Crippen LogP contribution in [0.2, 0.25) is 0 Å². The highest BCUT2D eigenvalue weighted by atomic mass is 16.7. The third kappa shape index (κ3) is 3.97. The highest BCUT2D eigenvalue weighted by Crippen LogP contribution is 2.66. The lowest BCUT2D eigenvalue weighted by Gasteiger charge is -2.58. The van der Waals surface area contributed by atoms with Crippen LogP contribution in [0.4, 0.5) is 0 Å². The fourth-order valence-electron chi connectivity index (χ4n) is 7.78. The van der Waals surface area contributed by atoms with Gasteiger partial charge in [-0.1, -0.05) is 37.6 Å². The molecule has 0 saturated heterocycles. The van der Waals surface area contributed by atoms with Gasteiger partial charge in [0.25, 0.3) is 0 Å². The van der Waals surface area contributed by atoms with Crippen LogP contribution in [0, 0.1) is 28.6 Å². The van der Waals surface area contributed by atoms with E-state index in [9.17, 15) is 4.79 Å². The molecule has 178 valence electrons. The number of hydrogen-bond donors (Lipinski definition) is 2. The van der Waals surface area contributed by atoms with Crippen molar-refractivity contribution < 1.29 is 9.63 Å². The molecule has 1 aromatic rings. The fraction of sp³-hybridized carbons (Fsp3) is 0.643. The average Bonchev–Trinajstić information content (AvgIpc) is 3.19. The van der Waals surface area contributed by atoms with Crippen LogP contribution in [0.15, 0.2) is 42.3 Å². The zero-order valence-electron chi connectivity index (χ0n) is 20.4. The smallest absolute Gasteiger partial charge is 0.326 e. The normalized spacial score (nSPS) is 37.3. The van der Waals surface area contributed by atoms with Gasteiger partial charge in [0.1, 0.15) is 0 Å². The molecule has 0 bridgehead atoms. The number of aromatic nitrogens is 1. The van der Waals surface area contributed by atoms with E-state index in [0.29, 0.717) is 13.0 Å². The van der Waals surface area contributed by atoms with Crippen molar-refractivity contribution in [2.75, 3.05) is 13.6 Å². The van der Waals surface area contributed by atoms with Crippen molar-refractivity contribution in [1.29, 1.82) is 0 Å². The van der Waals surface area contributed by atoms with Crippen LogP contribution in [-0.2, 0) is 9.63 Å².